The molecule has 0 aromatic heterocycles. The lowest BCUT2D eigenvalue weighted by Crippen LogP contribution is -2.42. The molecule has 1 saturated heterocycles. The summed E-state index contributed by atoms with van der Waals surface area (Å²) in [6, 6.07) is 9.55. The first-order valence-electron chi connectivity index (χ1n) is 8.22. The molecule has 1 aliphatic heterocycles. The van der Waals surface area contributed by atoms with Crippen LogP contribution in [0, 0.1) is 5.92 Å². The van der Waals surface area contributed by atoms with E-state index >= 15 is 0 Å². The summed E-state index contributed by atoms with van der Waals surface area (Å²) in [5.74, 6) is 1.45. The van der Waals surface area contributed by atoms with E-state index in [2.05, 4.69) is 43.4 Å². The normalized spacial score (nSPS) is 29.8. The lowest BCUT2D eigenvalue weighted by atomic mass is 9.72. The van der Waals surface area contributed by atoms with Crippen LogP contribution in [-0.2, 0) is 11.2 Å². The number of hydrogen-bond acceptors (Lipinski definition) is 2. The Labute approximate surface area is 122 Å². The van der Waals surface area contributed by atoms with Gasteiger partial charge in [0.05, 0.1) is 6.10 Å². The molecule has 0 spiro atoms. The van der Waals surface area contributed by atoms with Crippen molar-refractivity contribution in [2.75, 3.05) is 13.2 Å². The Balaban J connectivity index is 1.65. The van der Waals surface area contributed by atoms with E-state index in [1.807, 2.05) is 0 Å². The molecule has 1 aromatic rings. The molecule has 20 heavy (non-hydrogen) atoms. The predicted octanol–water partition coefficient (Wildman–Crippen LogP) is 3.51. The monoisotopic (exact) mass is 273 g/mol. The summed E-state index contributed by atoms with van der Waals surface area (Å²) in [6.45, 7) is 6.56. The van der Waals surface area contributed by atoms with Crippen molar-refractivity contribution in [1.82, 2.24) is 5.32 Å². The van der Waals surface area contributed by atoms with Gasteiger partial charge in [-0.25, -0.2) is 0 Å². The second-order valence-corrected chi connectivity index (χ2v) is 6.42. The van der Waals surface area contributed by atoms with Crippen molar-refractivity contribution in [2.45, 2.75) is 57.6 Å². The number of ether oxygens (including phenoxy) is 1. The topological polar surface area (TPSA) is 21.3 Å². The van der Waals surface area contributed by atoms with Crippen LogP contribution in [0.5, 0.6) is 0 Å². The van der Waals surface area contributed by atoms with Crippen molar-refractivity contribution >= 4 is 0 Å². The van der Waals surface area contributed by atoms with E-state index in [9.17, 15) is 0 Å². The third-order valence-electron chi connectivity index (χ3n) is 5.11. The molecule has 4 unspecified atom stereocenters. The minimum absolute atomic E-state index is 0.416. The van der Waals surface area contributed by atoms with E-state index in [0.29, 0.717) is 18.1 Å². The van der Waals surface area contributed by atoms with Gasteiger partial charge >= 0.3 is 0 Å². The first-order valence-corrected chi connectivity index (χ1v) is 8.22. The third-order valence-corrected chi connectivity index (χ3v) is 5.11. The zero-order valence-corrected chi connectivity index (χ0v) is 12.8. The SMILES string of the molecule is CCCNC(CC1Cc2ccccc21)C1CCOC1C. The van der Waals surface area contributed by atoms with Crippen LogP contribution >= 0.6 is 0 Å². The zero-order valence-electron chi connectivity index (χ0n) is 12.8. The summed E-state index contributed by atoms with van der Waals surface area (Å²) < 4.78 is 5.79. The Morgan fingerprint density at radius 2 is 2.20 bits per heavy atom. The van der Waals surface area contributed by atoms with Crippen molar-refractivity contribution in [3.63, 3.8) is 0 Å². The van der Waals surface area contributed by atoms with Gasteiger partial charge in [-0.05, 0) is 56.2 Å². The van der Waals surface area contributed by atoms with E-state index in [4.69, 9.17) is 4.74 Å². The van der Waals surface area contributed by atoms with Gasteiger partial charge in [0.15, 0.2) is 0 Å². The molecule has 0 saturated carbocycles. The molecule has 1 aromatic carbocycles. The first-order chi connectivity index (χ1) is 9.79. The lowest BCUT2D eigenvalue weighted by molar-refractivity contribution is 0.0929. The highest BCUT2D eigenvalue weighted by molar-refractivity contribution is 5.40. The fraction of sp³-hybridized carbons (Fsp3) is 0.667. The van der Waals surface area contributed by atoms with Gasteiger partial charge in [-0.2, -0.15) is 0 Å². The van der Waals surface area contributed by atoms with Gasteiger partial charge in [0.1, 0.15) is 0 Å². The maximum atomic E-state index is 5.79. The predicted molar refractivity (Wildman–Crippen MR) is 83.1 cm³/mol. The Kier molecular flexibility index (Phi) is 4.42. The van der Waals surface area contributed by atoms with E-state index < -0.39 is 0 Å². The average Bonchev–Trinajstić information content (AvgIpc) is 2.86. The molecular formula is C18H27NO. The molecule has 3 rings (SSSR count). The van der Waals surface area contributed by atoms with Gasteiger partial charge in [0, 0.05) is 18.6 Å². The number of rotatable bonds is 6. The van der Waals surface area contributed by atoms with Crippen molar-refractivity contribution in [3.05, 3.63) is 35.4 Å². The molecular weight excluding hydrogens is 246 g/mol. The van der Waals surface area contributed by atoms with Crippen LogP contribution in [0.1, 0.15) is 50.2 Å². The van der Waals surface area contributed by atoms with Gasteiger partial charge in [-0.15, -0.1) is 0 Å². The fourth-order valence-electron chi connectivity index (χ4n) is 3.90. The summed E-state index contributed by atoms with van der Waals surface area (Å²) >= 11 is 0. The quantitative estimate of drug-likeness (QED) is 0.856. The van der Waals surface area contributed by atoms with Gasteiger partial charge in [0.2, 0.25) is 0 Å². The fourth-order valence-corrected chi connectivity index (χ4v) is 3.90. The van der Waals surface area contributed by atoms with Crippen molar-refractivity contribution in [1.29, 1.82) is 0 Å². The number of nitrogens with one attached hydrogen (secondary N) is 1. The Hall–Kier alpha value is -0.860. The molecule has 2 nitrogen and oxygen atoms in total. The van der Waals surface area contributed by atoms with Crippen molar-refractivity contribution in [2.24, 2.45) is 5.92 Å². The van der Waals surface area contributed by atoms with Crippen molar-refractivity contribution in [3.8, 4) is 0 Å². The number of fused-ring (bicyclic) bond motifs is 1. The molecule has 4 atom stereocenters. The number of hydrogen-bond donors (Lipinski definition) is 1. The van der Waals surface area contributed by atoms with Crippen molar-refractivity contribution < 1.29 is 4.74 Å². The van der Waals surface area contributed by atoms with Crippen LogP contribution in [0.25, 0.3) is 0 Å². The largest absolute Gasteiger partial charge is 0.378 e. The Morgan fingerprint density at radius 1 is 1.35 bits per heavy atom. The van der Waals surface area contributed by atoms with Crippen LogP contribution in [0.2, 0.25) is 0 Å². The summed E-state index contributed by atoms with van der Waals surface area (Å²) in [5, 5.41) is 3.79. The Bertz CT molecular complexity index is 445. The van der Waals surface area contributed by atoms with Crippen LogP contribution in [0.4, 0.5) is 0 Å². The van der Waals surface area contributed by atoms with Crippen LogP contribution in [0.15, 0.2) is 24.3 Å². The van der Waals surface area contributed by atoms with Gasteiger partial charge in [-0.3, -0.25) is 0 Å². The highest BCUT2D eigenvalue weighted by Crippen LogP contribution is 2.40. The minimum Gasteiger partial charge on any atom is -0.378 e. The van der Waals surface area contributed by atoms with E-state index in [1.165, 1.54) is 25.7 Å². The molecule has 1 fully saturated rings. The second kappa shape index (κ2) is 6.28. The maximum absolute atomic E-state index is 5.79. The van der Waals surface area contributed by atoms with Gasteiger partial charge in [-0.1, -0.05) is 31.2 Å². The molecule has 2 aliphatic rings. The molecule has 1 aliphatic carbocycles. The maximum Gasteiger partial charge on any atom is 0.0590 e. The summed E-state index contributed by atoms with van der Waals surface area (Å²) in [4.78, 5) is 0. The molecule has 0 amide bonds. The van der Waals surface area contributed by atoms with Gasteiger partial charge in [0.25, 0.3) is 0 Å². The zero-order chi connectivity index (χ0) is 13.9. The van der Waals surface area contributed by atoms with Gasteiger partial charge < -0.3 is 10.1 Å². The van der Waals surface area contributed by atoms with Crippen LogP contribution in [0.3, 0.4) is 0 Å². The first kappa shape index (κ1) is 14.1. The number of benzene rings is 1. The second-order valence-electron chi connectivity index (χ2n) is 6.42. The average molecular weight is 273 g/mol. The Morgan fingerprint density at radius 3 is 2.90 bits per heavy atom. The highest BCUT2D eigenvalue weighted by atomic mass is 16.5. The third kappa shape index (κ3) is 2.77. The standard InChI is InChI=1S/C18H27NO/c1-3-9-19-18(16-8-10-20-13(16)2)12-15-11-14-6-4-5-7-17(14)15/h4-7,13,15-16,18-19H,3,8-12H2,1-2H3. The summed E-state index contributed by atoms with van der Waals surface area (Å²) in [5.41, 5.74) is 3.14. The van der Waals surface area contributed by atoms with Crippen LogP contribution < -0.4 is 5.32 Å². The molecule has 110 valence electrons. The molecule has 1 N–H and O–H groups in total. The molecule has 0 bridgehead atoms. The summed E-state index contributed by atoms with van der Waals surface area (Å²) in [7, 11) is 0. The van der Waals surface area contributed by atoms with Crippen LogP contribution in [-0.4, -0.2) is 25.3 Å². The molecule has 1 heterocycles. The lowest BCUT2D eigenvalue weighted by Gasteiger charge is -2.36. The minimum atomic E-state index is 0.416. The highest BCUT2D eigenvalue weighted by Gasteiger charge is 2.35. The van der Waals surface area contributed by atoms with E-state index in [-0.39, 0.29) is 0 Å². The molecule has 2 heteroatoms. The molecule has 0 radical (unpaired) electrons. The smallest absolute Gasteiger partial charge is 0.0590 e. The van der Waals surface area contributed by atoms with E-state index in [1.54, 1.807) is 11.1 Å². The van der Waals surface area contributed by atoms with E-state index in [0.717, 1.165) is 19.1 Å². The summed E-state index contributed by atoms with van der Waals surface area (Å²) in [6.07, 6.45) is 5.38.